The van der Waals surface area contributed by atoms with E-state index >= 15 is 0 Å². The molecule has 1 aliphatic heterocycles. The standard InChI is InChI=1S/C22H22ClN3O4S/c1-15-3-8-21(16(2)13-15)31(28,29)26-11-9-25(10-12-26)22(27)19-14-20(30-24-19)17-4-6-18(23)7-5-17/h3-8,13-14H,9-12H2,1-2H3. The van der Waals surface area contributed by atoms with Crippen LogP contribution in [0.2, 0.25) is 5.02 Å². The normalized spacial score (nSPS) is 15.3. The number of benzene rings is 2. The van der Waals surface area contributed by atoms with E-state index in [1.807, 2.05) is 13.0 Å². The van der Waals surface area contributed by atoms with Gasteiger partial charge in [-0.25, -0.2) is 8.42 Å². The summed E-state index contributed by atoms with van der Waals surface area (Å²) in [5, 5.41) is 4.50. The molecule has 0 spiro atoms. The van der Waals surface area contributed by atoms with Crippen LogP contribution in [-0.2, 0) is 10.0 Å². The number of aromatic nitrogens is 1. The fourth-order valence-corrected chi connectivity index (χ4v) is 5.40. The Bertz CT molecular complexity index is 1210. The highest BCUT2D eigenvalue weighted by Gasteiger charge is 2.32. The topological polar surface area (TPSA) is 83.7 Å². The van der Waals surface area contributed by atoms with Crippen molar-refractivity contribution in [3.8, 4) is 11.3 Å². The summed E-state index contributed by atoms with van der Waals surface area (Å²) < 4.78 is 32.8. The van der Waals surface area contributed by atoms with E-state index in [-0.39, 0.29) is 37.8 Å². The molecular weight excluding hydrogens is 438 g/mol. The minimum absolute atomic E-state index is 0.190. The lowest BCUT2D eigenvalue weighted by molar-refractivity contribution is 0.0687. The average molecular weight is 460 g/mol. The van der Waals surface area contributed by atoms with Crippen LogP contribution in [-0.4, -0.2) is 54.9 Å². The zero-order valence-corrected chi connectivity index (χ0v) is 18.8. The Hall–Kier alpha value is -2.68. The molecule has 3 aromatic rings. The molecule has 1 aromatic heterocycles. The first-order valence-electron chi connectivity index (χ1n) is 9.85. The van der Waals surface area contributed by atoms with E-state index in [0.717, 1.165) is 16.7 Å². The highest BCUT2D eigenvalue weighted by Crippen LogP contribution is 2.25. The predicted octanol–water partition coefficient (Wildman–Crippen LogP) is 3.76. The van der Waals surface area contributed by atoms with Gasteiger partial charge in [0.15, 0.2) is 11.5 Å². The summed E-state index contributed by atoms with van der Waals surface area (Å²) in [6.07, 6.45) is 0. The molecule has 2 heterocycles. The zero-order chi connectivity index (χ0) is 22.2. The van der Waals surface area contributed by atoms with E-state index in [1.165, 1.54) is 4.31 Å². The molecule has 1 aliphatic rings. The molecule has 162 valence electrons. The maximum atomic E-state index is 13.0. The van der Waals surface area contributed by atoms with Gasteiger partial charge in [0, 0.05) is 42.8 Å². The van der Waals surface area contributed by atoms with E-state index < -0.39 is 10.0 Å². The highest BCUT2D eigenvalue weighted by molar-refractivity contribution is 7.89. The first-order chi connectivity index (χ1) is 14.8. The third kappa shape index (κ3) is 4.37. The SMILES string of the molecule is Cc1ccc(S(=O)(=O)N2CCN(C(=O)c3cc(-c4ccc(Cl)cc4)on3)CC2)c(C)c1. The van der Waals surface area contributed by atoms with Gasteiger partial charge in [0.25, 0.3) is 5.91 Å². The van der Waals surface area contributed by atoms with Crippen LogP contribution in [0.15, 0.2) is 57.9 Å². The van der Waals surface area contributed by atoms with Gasteiger partial charge in [-0.3, -0.25) is 4.79 Å². The Morgan fingerprint density at radius 3 is 2.32 bits per heavy atom. The molecule has 31 heavy (non-hydrogen) atoms. The molecule has 0 N–H and O–H groups in total. The second kappa shape index (κ2) is 8.45. The number of nitrogens with zero attached hydrogens (tertiary/aromatic N) is 3. The Balaban J connectivity index is 1.44. The Labute approximate surface area is 186 Å². The molecule has 1 saturated heterocycles. The van der Waals surface area contributed by atoms with Crippen LogP contribution in [0, 0.1) is 13.8 Å². The molecule has 7 nitrogen and oxygen atoms in total. The maximum absolute atomic E-state index is 13.0. The van der Waals surface area contributed by atoms with Crippen molar-refractivity contribution in [2.45, 2.75) is 18.7 Å². The van der Waals surface area contributed by atoms with Gasteiger partial charge >= 0.3 is 0 Å². The number of amides is 1. The third-order valence-electron chi connectivity index (χ3n) is 5.33. The number of carbonyl (C=O) groups excluding carboxylic acids is 1. The van der Waals surface area contributed by atoms with Crippen molar-refractivity contribution < 1.29 is 17.7 Å². The minimum atomic E-state index is -3.61. The number of hydrogen-bond acceptors (Lipinski definition) is 5. The van der Waals surface area contributed by atoms with Crippen molar-refractivity contribution in [3.05, 3.63) is 70.4 Å². The van der Waals surface area contributed by atoms with Crippen molar-refractivity contribution in [1.82, 2.24) is 14.4 Å². The summed E-state index contributed by atoms with van der Waals surface area (Å²) in [4.78, 5) is 14.7. The van der Waals surface area contributed by atoms with Gasteiger partial charge in [-0.05, 0) is 49.7 Å². The van der Waals surface area contributed by atoms with E-state index in [4.69, 9.17) is 16.1 Å². The summed E-state index contributed by atoms with van der Waals surface area (Å²) in [6.45, 7) is 4.74. The van der Waals surface area contributed by atoms with Crippen molar-refractivity contribution in [2.75, 3.05) is 26.2 Å². The number of aryl methyl sites for hydroxylation is 2. The molecule has 0 atom stereocenters. The van der Waals surface area contributed by atoms with Crippen LogP contribution < -0.4 is 0 Å². The van der Waals surface area contributed by atoms with E-state index in [1.54, 1.807) is 54.3 Å². The van der Waals surface area contributed by atoms with E-state index in [9.17, 15) is 13.2 Å². The average Bonchev–Trinajstić information content (AvgIpc) is 3.24. The number of rotatable bonds is 4. The van der Waals surface area contributed by atoms with Crippen LogP contribution in [0.5, 0.6) is 0 Å². The van der Waals surface area contributed by atoms with E-state index in [0.29, 0.717) is 15.7 Å². The molecule has 0 bridgehead atoms. The predicted molar refractivity (Wildman–Crippen MR) is 118 cm³/mol. The van der Waals surface area contributed by atoms with Gasteiger partial charge in [0.1, 0.15) is 0 Å². The largest absolute Gasteiger partial charge is 0.355 e. The summed E-state index contributed by atoms with van der Waals surface area (Å²) in [6, 6.07) is 13.9. The monoisotopic (exact) mass is 459 g/mol. The van der Waals surface area contributed by atoms with Crippen LogP contribution in [0.25, 0.3) is 11.3 Å². The molecule has 0 saturated carbocycles. The molecule has 2 aromatic carbocycles. The van der Waals surface area contributed by atoms with Gasteiger partial charge in [-0.2, -0.15) is 4.31 Å². The van der Waals surface area contributed by atoms with Gasteiger partial charge < -0.3 is 9.42 Å². The molecule has 0 radical (unpaired) electrons. The summed E-state index contributed by atoms with van der Waals surface area (Å²) in [5.41, 5.74) is 2.68. The molecular formula is C22H22ClN3O4S. The van der Waals surface area contributed by atoms with Crippen LogP contribution in [0.4, 0.5) is 0 Å². The lowest BCUT2D eigenvalue weighted by Gasteiger charge is -2.33. The van der Waals surface area contributed by atoms with Crippen LogP contribution in [0.1, 0.15) is 21.6 Å². The molecule has 0 aliphatic carbocycles. The Kier molecular flexibility index (Phi) is 5.88. The Morgan fingerprint density at radius 1 is 1.00 bits per heavy atom. The number of hydrogen-bond donors (Lipinski definition) is 0. The quantitative estimate of drug-likeness (QED) is 0.593. The number of sulfonamides is 1. The second-order valence-electron chi connectivity index (χ2n) is 7.55. The van der Waals surface area contributed by atoms with Gasteiger partial charge in [-0.15, -0.1) is 0 Å². The number of piperazine rings is 1. The zero-order valence-electron chi connectivity index (χ0n) is 17.2. The maximum Gasteiger partial charge on any atom is 0.276 e. The second-order valence-corrected chi connectivity index (χ2v) is 9.89. The third-order valence-corrected chi connectivity index (χ3v) is 7.64. The van der Waals surface area contributed by atoms with Gasteiger partial charge in [0.2, 0.25) is 10.0 Å². The van der Waals surface area contributed by atoms with Gasteiger partial charge in [0.05, 0.1) is 4.90 Å². The summed E-state index contributed by atoms with van der Waals surface area (Å²) >= 11 is 5.90. The summed E-state index contributed by atoms with van der Waals surface area (Å²) in [7, 11) is -3.61. The fraction of sp³-hybridized carbons (Fsp3) is 0.273. The number of carbonyl (C=O) groups is 1. The smallest absolute Gasteiger partial charge is 0.276 e. The molecule has 4 rings (SSSR count). The minimum Gasteiger partial charge on any atom is -0.355 e. The highest BCUT2D eigenvalue weighted by atomic mass is 35.5. The lowest BCUT2D eigenvalue weighted by Crippen LogP contribution is -2.50. The van der Waals surface area contributed by atoms with E-state index in [2.05, 4.69) is 5.16 Å². The van der Waals surface area contributed by atoms with Gasteiger partial charge in [-0.1, -0.05) is 34.5 Å². The molecule has 1 fully saturated rings. The molecule has 9 heteroatoms. The van der Waals surface area contributed by atoms with Crippen LogP contribution in [0.3, 0.4) is 0 Å². The fourth-order valence-electron chi connectivity index (χ4n) is 3.65. The Morgan fingerprint density at radius 2 is 1.68 bits per heavy atom. The van der Waals surface area contributed by atoms with Crippen molar-refractivity contribution >= 4 is 27.5 Å². The van der Waals surface area contributed by atoms with Crippen molar-refractivity contribution in [1.29, 1.82) is 0 Å². The number of halogens is 1. The molecule has 1 amide bonds. The summed E-state index contributed by atoms with van der Waals surface area (Å²) in [5.74, 6) is 0.184. The first-order valence-corrected chi connectivity index (χ1v) is 11.7. The van der Waals surface area contributed by atoms with Crippen LogP contribution >= 0.6 is 11.6 Å². The van der Waals surface area contributed by atoms with Crippen molar-refractivity contribution in [2.24, 2.45) is 0 Å². The molecule has 0 unspecified atom stereocenters. The lowest BCUT2D eigenvalue weighted by atomic mass is 10.1. The first kappa shape index (κ1) is 21.5. The van der Waals surface area contributed by atoms with Crippen molar-refractivity contribution in [3.63, 3.8) is 0 Å².